The van der Waals surface area contributed by atoms with Crippen molar-refractivity contribution in [3.8, 4) is 0 Å². The summed E-state index contributed by atoms with van der Waals surface area (Å²) < 4.78 is 2.10. The number of aromatic nitrogens is 3. The number of hydrogen-bond donors (Lipinski definition) is 3. The van der Waals surface area contributed by atoms with Gasteiger partial charge < -0.3 is 5.73 Å². The van der Waals surface area contributed by atoms with Gasteiger partial charge in [-0.25, -0.2) is 14.9 Å². The van der Waals surface area contributed by atoms with Gasteiger partial charge in [-0.15, -0.1) is 0 Å². The fraction of sp³-hybridized carbons (Fsp3) is 0.0714. The molecule has 6 nitrogen and oxygen atoms in total. The van der Waals surface area contributed by atoms with Crippen molar-refractivity contribution in [1.82, 2.24) is 9.97 Å². The quantitative estimate of drug-likeness (QED) is 0.577. The molecule has 20 heavy (non-hydrogen) atoms. The van der Waals surface area contributed by atoms with E-state index in [-0.39, 0.29) is 6.17 Å². The number of benzene rings is 1. The lowest BCUT2D eigenvalue weighted by molar-refractivity contribution is -0.674. The van der Waals surface area contributed by atoms with Crippen LogP contribution < -0.4 is 15.6 Å². The molecule has 0 spiro atoms. The molecule has 6 heteroatoms. The average Bonchev–Trinajstić information content (AvgIpc) is 2.85. The molecular weight excluding hydrogens is 252 g/mol. The van der Waals surface area contributed by atoms with Gasteiger partial charge in [-0.1, -0.05) is 12.1 Å². The number of rotatable bonds is 1. The zero-order chi connectivity index (χ0) is 13.5. The van der Waals surface area contributed by atoms with E-state index < -0.39 is 0 Å². The summed E-state index contributed by atoms with van der Waals surface area (Å²) in [4.78, 5) is 11.9. The summed E-state index contributed by atoms with van der Waals surface area (Å²) in [5.41, 5.74) is 9.05. The van der Waals surface area contributed by atoms with Crippen molar-refractivity contribution >= 4 is 22.9 Å². The smallest absolute Gasteiger partial charge is 0.357 e. The van der Waals surface area contributed by atoms with Gasteiger partial charge in [0.05, 0.1) is 0 Å². The molecule has 0 saturated carbocycles. The van der Waals surface area contributed by atoms with E-state index in [0.29, 0.717) is 5.96 Å². The third-order valence-electron chi connectivity index (χ3n) is 3.41. The van der Waals surface area contributed by atoms with Crippen LogP contribution in [-0.2, 0) is 0 Å². The molecule has 98 valence electrons. The first-order chi connectivity index (χ1) is 9.83. The predicted molar refractivity (Wildman–Crippen MR) is 76.1 cm³/mol. The molecule has 0 fully saturated rings. The zero-order valence-corrected chi connectivity index (χ0v) is 10.6. The molecule has 1 unspecified atom stereocenters. The van der Waals surface area contributed by atoms with Gasteiger partial charge in [0.2, 0.25) is 6.17 Å². The number of H-pyrrole nitrogens is 1. The molecule has 0 amide bonds. The van der Waals surface area contributed by atoms with Crippen molar-refractivity contribution < 1.29 is 4.57 Å². The maximum Gasteiger partial charge on any atom is 0.365 e. The highest BCUT2D eigenvalue weighted by Crippen LogP contribution is 2.23. The fourth-order valence-electron chi connectivity index (χ4n) is 2.55. The molecule has 1 aliphatic rings. The van der Waals surface area contributed by atoms with Crippen LogP contribution in [-0.4, -0.2) is 15.9 Å². The van der Waals surface area contributed by atoms with Crippen LogP contribution in [0.2, 0.25) is 0 Å². The van der Waals surface area contributed by atoms with Gasteiger partial charge in [-0.05, 0) is 24.3 Å². The maximum absolute atomic E-state index is 5.89. The van der Waals surface area contributed by atoms with Crippen LogP contribution >= 0.6 is 0 Å². The van der Waals surface area contributed by atoms with Gasteiger partial charge in [0, 0.05) is 18.0 Å². The number of aromatic amines is 1. The summed E-state index contributed by atoms with van der Waals surface area (Å²) >= 11 is 0. The number of nitrogens with zero attached hydrogens (tertiary/aromatic N) is 3. The Bertz CT molecular complexity index is 805. The Balaban J connectivity index is 1.98. The number of nitrogens with two attached hydrogens (primary N) is 1. The first kappa shape index (κ1) is 11.0. The van der Waals surface area contributed by atoms with Crippen LogP contribution in [0.15, 0.2) is 53.8 Å². The van der Waals surface area contributed by atoms with E-state index in [1.165, 1.54) is 0 Å². The molecule has 0 aliphatic carbocycles. The highest BCUT2D eigenvalue weighted by atomic mass is 15.4. The van der Waals surface area contributed by atoms with Gasteiger partial charge in [-0.2, -0.15) is 4.99 Å². The molecular formula is C14H13N6+. The highest BCUT2D eigenvalue weighted by Gasteiger charge is 2.30. The predicted octanol–water partition coefficient (Wildman–Crippen LogP) is 1.14. The summed E-state index contributed by atoms with van der Waals surface area (Å²) in [5, 5.41) is 3.07. The minimum atomic E-state index is -0.189. The average molecular weight is 265 g/mol. The second-order valence-corrected chi connectivity index (χ2v) is 4.65. The van der Waals surface area contributed by atoms with Gasteiger partial charge >= 0.3 is 5.95 Å². The summed E-state index contributed by atoms with van der Waals surface area (Å²) in [5.74, 6) is 1.24. The highest BCUT2D eigenvalue weighted by molar-refractivity contribution is 5.92. The lowest BCUT2D eigenvalue weighted by Gasteiger charge is -2.17. The lowest BCUT2D eigenvalue weighted by atomic mass is 10.2. The molecule has 1 aliphatic heterocycles. The minimum Gasteiger partial charge on any atom is -0.357 e. The van der Waals surface area contributed by atoms with E-state index in [9.17, 15) is 0 Å². The van der Waals surface area contributed by atoms with E-state index in [1.54, 1.807) is 12.4 Å². The van der Waals surface area contributed by atoms with Gasteiger partial charge in [0.15, 0.2) is 0 Å². The van der Waals surface area contributed by atoms with Crippen molar-refractivity contribution in [2.24, 2.45) is 10.7 Å². The number of para-hydroxylation sites is 2. The maximum atomic E-state index is 5.89. The molecule has 4 N–H and O–H groups in total. The summed E-state index contributed by atoms with van der Waals surface area (Å²) in [7, 11) is 0. The van der Waals surface area contributed by atoms with E-state index >= 15 is 0 Å². The molecule has 0 radical (unpaired) electrons. The lowest BCUT2D eigenvalue weighted by Crippen LogP contribution is -2.48. The SMILES string of the molecule is NC1=NC(c2ccncc2)[n+]2c([nH]c3ccccc32)N1. The standard InChI is InChI=1S/C14H12N6/c15-13-18-12(9-5-7-16-8-6-9)20-11-4-2-1-3-10(11)17-14(20)19-13/h1-8,12H,(H3,15,17,18,19)/p+1. The van der Waals surface area contributed by atoms with E-state index in [4.69, 9.17) is 5.73 Å². The van der Waals surface area contributed by atoms with Crippen molar-refractivity contribution in [2.75, 3.05) is 5.32 Å². The number of guanidine groups is 1. The minimum absolute atomic E-state index is 0.189. The first-order valence-corrected chi connectivity index (χ1v) is 6.35. The number of imidazole rings is 1. The van der Waals surface area contributed by atoms with E-state index in [1.807, 2.05) is 30.3 Å². The van der Waals surface area contributed by atoms with Crippen molar-refractivity contribution in [3.63, 3.8) is 0 Å². The number of hydrogen-bond acceptors (Lipinski definition) is 4. The monoisotopic (exact) mass is 265 g/mol. The Morgan fingerprint density at radius 1 is 1.10 bits per heavy atom. The Labute approximate surface area is 115 Å². The largest absolute Gasteiger partial charge is 0.365 e. The van der Waals surface area contributed by atoms with Crippen LogP contribution in [0.1, 0.15) is 11.7 Å². The van der Waals surface area contributed by atoms with E-state index in [0.717, 1.165) is 22.5 Å². The van der Waals surface area contributed by atoms with E-state index in [2.05, 4.69) is 30.9 Å². The second kappa shape index (κ2) is 4.06. The number of pyridine rings is 1. The normalized spacial score (nSPS) is 17.4. The Morgan fingerprint density at radius 2 is 1.90 bits per heavy atom. The van der Waals surface area contributed by atoms with Gasteiger partial charge in [-0.3, -0.25) is 4.98 Å². The third-order valence-corrected chi connectivity index (χ3v) is 3.41. The molecule has 1 aromatic carbocycles. The zero-order valence-electron chi connectivity index (χ0n) is 10.6. The van der Waals surface area contributed by atoms with Crippen molar-refractivity contribution in [3.05, 3.63) is 54.4 Å². The molecule has 3 aromatic rings. The molecule has 0 bridgehead atoms. The first-order valence-electron chi connectivity index (χ1n) is 6.35. The fourth-order valence-corrected chi connectivity index (χ4v) is 2.55. The van der Waals surface area contributed by atoms with Crippen LogP contribution in [0.5, 0.6) is 0 Å². The van der Waals surface area contributed by atoms with Crippen LogP contribution in [0.3, 0.4) is 0 Å². The second-order valence-electron chi connectivity index (χ2n) is 4.65. The Morgan fingerprint density at radius 3 is 2.75 bits per heavy atom. The number of anilines is 1. The number of aliphatic imine (C=N–C) groups is 1. The third kappa shape index (κ3) is 1.55. The number of fused-ring (bicyclic) bond motifs is 3. The molecule has 0 saturated heterocycles. The van der Waals surface area contributed by atoms with Crippen LogP contribution in [0.25, 0.3) is 11.0 Å². The topological polar surface area (TPSA) is 83.0 Å². The number of nitrogens with one attached hydrogen (secondary N) is 2. The van der Waals surface area contributed by atoms with Gasteiger partial charge in [0.1, 0.15) is 11.0 Å². The molecule has 4 rings (SSSR count). The summed E-state index contributed by atoms with van der Waals surface area (Å²) in [6.07, 6.45) is 3.33. The molecule has 3 heterocycles. The Kier molecular flexibility index (Phi) is 2.23. The summed E-state index contributed by atoms with van der Waals surface area (Å²) in [6.45, 7) is 0. The van der Waals surface area contributed by atoms with Crippen molar-refractivity contribution in [1.29, 1.82) is 0 Å². The molecule has 1 atom stereocenters. The van der Waals surface area contributed by atoms with Crippen LogP contribution in [0.4, 0.5) is 5.95 Å². The van der Waals surface area contributed by atoms with Crippen molar-refractivity contribution in [2.45, 2.75) is 6.17 Å². The Hall–Kier alpha value is -2.89. The van der Waals surface area contributed by atoms with Gasteiger partial charge in [0.25, 0.3) is 5.96 Å². The molecule has 2 aromatic heterocycles. The van der Waals surface area contributed by atoms with Crippen LogP contribution in [0, 0.1) is 0 Å². The summed E-state index contributed by atoms with van der Waals surface area (Å²) in [6, 6.07) is 12.0.